The number of hydrogen-bond acceptors (Lipinski definition) is 2. The average Bonchev–Trinajstić information content (AvgIpc) is 2.16. The van der Waals surface area contributed by atoms with Crippen LogP contribution in [0.15, 0.2) is 0 Å². The Balaban J connectivity index is 2.24. The van der Waals surface area contributed by atoms with E-state index in [1.54, 1.807) is 0 Å². The molecule has 1 saturated carbocycles. The van der Waals surface area contributed by atoms with Crippen molar-refractivity contribution in [3.63, 3.8) is 0 Å². The molecule has 1 atom stereocenters. The Hall–Kier alpha value is -0.520. The number of rotatable bonds is 3. The van der Waals surface area contributed by atoms with E-state index in [9.17, 15) is 0 Å². The van der Waals surface area contributed by atoms with Gasteiger partial charge in [0.15, 0.2) is 0 Å². The van der Waals surface area contributed by atoms with E-state index in [1.165, 1.54) is 32.1 Å². The van der Waals surface area contributed by atoms with Gasteiger partial charge in [0.25, 0.3) is 0 Å². The molecule has 0 amide bonds. The fourth-order valence-electron chi connectivity index (χ4n) is 1.94. The molecule has 0 aromatic rings. The summed E-state index contributed by atoms with van der Waals surface area (Å²) in [4.78, 5) is 0. The number of nitrogens with two attached hydrogens (primary N) is 1. The van der Waals surface area contributed by atoms with E-state index in [1.807, 2.05) is 0 Å². The smallest absolute Gasteiger partial charge is 0.0817 e. The summed E-state index contributed by atoms with van der Waals surface area (Å²) in [6.45, 7) is 0. The van der Waals surface area contributed by atoms with Gasteiger partial charge in [-0.05, 0) is 12.3 Å². The summed E-state index contributed by atoms with van der Waals surface area (Å²) in [5.41, 5.74) is 2.66. The molecular weight excluding hydrogens is 148 g/mol. The third-order valence-corrected chi connectivity index (χ3v) is 2.70. The van der Waals surface area contributed by atoms with Crippen molar-refractivity contribution in [2.45, 2.75) is 44.6 Å². The molecule has 0 aliphatic heterocycles. The lowest BCUT2D eigenvalue weighted by Crippen LogP contribution is -2.35. The highest BCUT2D eigenvalue weighted by Crippen LogP contribution is 2.26. The van der Waals surface area contributed by atoms with E-state index in [0.717, 1.165) is 12.3 Å². The molecule has 0 saturated heterocycles. The average molecular weight is 166 g/mol. The minimum Gasteiger partial charge on any atom is -0.270 e. The minimum absolute atomic E-state index is 0.0769. The maximum Gasteiger partial charge on any atom is 0.0817 e. The van der Waals surface area contributed by atoms with Gasteiger partial charge in [0.1, 0.15) is 0 Å². The maximum atomic E-state index is 5.31. The van der Waals surface area contributed by atoms with Crippen molar-refractivity contribution in [1.29, 1.82) is 0 Å². The summed E-state index contributed by atoms with van der Waals surface area (Å²) in [5, 5.41) is 0. The van der Waals surface area contributed by atoms with Crippen LogP contribution in [-0.2, 0) is 0 Å². The van der Waals surface area contributed by atoms with Gasteiger partial charge in [0.05, 0.1) is 6.04 Å². The Kier molecular flexibility index (Phi) is 4.13. The van der Waals surface area contributed by atoms with Gasteiger partial charge in [-0.2, -0.15) is 0 Å². The van der Waals surface area contributed by atoms with Crippen molar-refractivity contribution < 1.29 is 0 Å². The Bertz CT molecular complexity index is 154. The zero-order valence-corrected chi connectivity index (χ0v) is 7.55. The molecule has 1 fully saturated rings. The van der Waals surface area contributed by atoms with E-state index in [2.05, 4.69) is 11.3 Å². The fourth-order valence-corrected chi connectivity index (χ4v) is 1.94. The number of hydrazine groups is 1. The first-order chi connectivity index (χ1) is 5.86. The van der Waals surface area contributed by atoms with Gasteiger partial charge in [-0.25, -0.2) is 5.43 Å². The van der Waals surface area contributed by atoms with Crippen molar-refractivity contribution in [3.05, 3.63) is 0 Å². The van der Waals surface area contributed by atoms with Crippen molar-refractivity contribution in [1.82, 2.24) is 5.43 Å². The van der Waals surface area contributed by atoms with E-state index in [4.69, 9.17) is 12.3 Å². The summed E-state index contributed by atoms with van der Waals surface area (Å²) in [5.74, 6) is 8.77. The molecule has 1 unspecified atom stereocenters. The predicted octanol–water partition coefficient (Wildman–Crippen LogP) is 1.42. The Labute approximate surface area is 74.9 Å². The van der Waals surface area contributed by atoms with E-state index >= 15 is 0 Å². The van der Waals surface area contributed by atoms with Gasteiger partial charge in [-0.3, -0.25) is 5.84 Å². The summed E-state index contributed by atoms with van der Waals surface area (Å²) in [6.07, 6.45) is 13.2. The van der Waals surface area contributed by atoms with Gasteiger partial charge in [0.2, 0.25) is 0 Å². The van der Waals surface area contributed by atoms with Crippen LogP contribution in [0.2, 0.25) is 0 Å². The zero-order valence-electron chi connectivity index (χ0n) is 7.55. The molecule has 0 aromatic carbocycles. The molecule has 2 heteroatoms. The molecule has 0 aromatic heterocycles. The zero-order chi connectivity index (χ0) is 8.81. The molecule has 1 aliphatic rings. The summed E-state index contributed by atoms with van der Waals surface area (Å²) in [7, 11) is 0. The lowest BCUT2D eigenvalue weighted by Gasteiger charge is -2.23. The first kappa shape index (κ1) is 9.57. The van der Waals surface area contributed by atoms with Crippen LogP contribution in [0.4, 0.5) is 0 Å². The topological polar surface area (TPSA) is 38.0 Å². The Morgan fingerprint density at radius 2 is 2.08 bits per heavy atom. The molecule has 1 aliphatic carbocycles. The second-order valence-electron chi connectivity index (χ2n) is 3.63. The van der Waals surface area contributed by atoms with Crippen LogP contribution in [0.25, 0.3) is 0 Å². The second kappa shape index (κ2) is 5.18. The van der Waals surface area contributed by atoms with Crippen LogP contribution < -0.4 is 11.3 Å². The van der Waals surface area contributed by atoms with Crippen molar-refractivity contribution in [2.75, 3.05) is 0 Å². The molecule has 3 N–H and O–H groups in total. The summed E-state index contributed by atoms with van der Waals surface area (Å²) < 4.78 is 0. The Morgan fingerprint density at radius 1 is 1.42 bits per heavy atom. The van der Waals surface area contributed by atoms with E-state index in [0.29, 0.717) is 0 Å². The first-order valence-corrected chi connectivity index (χ1v) is 4.79. The molecule has 0 heterocycles. The van der Waals surface area contributed by atoms with Crippen LogP contribution in [0.5, 0.6) is 0 Å². The first-order valence-electron chi connectivity index (χ1n) is 4.79. The second-order valence-corrected chi connectivity index (χ2v) is 3.63. The number of hydrogen-bond donors (Lipinski definition) is 2. The predicted molar refractivity (Wildman–Crippen MR) is 51.1 cm³/mol. The standard InChI is InChI=1S/C10H18N2/c1-2-10(12-11)8-9-6-4-3-5-7-9/h1,9-10,12H,3-8,11H2. The van der Waals surface area contributed by atoms with Gasteiger partial charge in [-0.15, -0.1) is 6.42 Å². The third kappa shape index (κ3) is 2.84. The summed E-state index contributed by atoms with van der Waals surface area (Å²) in [6, 6.07) is 0.0769. The highest BCUT2D eigenvalue weighted by molar-refractivity contribution is 4.98. The number of nitrogens with one attached hydrogen (secondary N) is 1. The molecule has 0 bridgehead atoms. The highest BCUT2D eigenvalue weighted by Gasteiger charge is 2.16. The van der Waals surface area contributed by atoms with Crippen molar-refractivity contribution >= 4 is 0 Å². The molecule has 1 rings (SSSR count). The van der Waals surface area contributed by atoms with Crippen LogP contribution in [0.3, 0.4) is 0 Å². The monoisotopic (exact) mass is 166 g/mol. The SMILES string of the molecule is C#CC(CC1CCCCC1)NN. The molecule has 0 radical (unpaired) electrons. The quantitative estimate of drug-likeness (QED) is 0.378. The fraction of sp³-hybridized carbons (Fsp3) is 0.800. The highest BCUT2D eigenvalue weighted by atomic mass is 15.2. The van der Waals surface area contributed by atoms with Crippen molar-refractivity contribution in [3.8, 4) is 12.3 Å². The van der Waals surface area contributed by atoms with Crippen LogP contribution >= 0.6 is 0 Å². The maximum absolute atomic E-state index is 5.31. The number of terminal acetylenes is 1. The lowest BCUT2D eigenvalue weighted by molar-refractivity contribution is 0.319. The van der Waals surface area contributed by atoms with Crippen LogP contribution in [0, 0.1) is 18.3 Å². The summed E-state index contributed by atoms with van der Waals surface area (Å²) >= 11 is 0. The van der Waals surface area contributed by atoms with Gasteiger partial charge >= 0.3 is 0 Å². The van der Waals surface area contributed by atoms with Crippen molar-refractivity contribution in [2.24, 2.45) is 11.8 Å². The molecule has 2 nitrogen and oxygen atoms in total. The third-order valence-electron chi connectivity index (χ3n) is 2.70. The van der Waals surface area contributed by atoms with Gasteiger partial charge in [0, 0.05) is 0 Å². The van der Waals surface area contributed by atoms with E-state index < -0.39 is 0 Å². The lowest BCUT2D eigenvalue weighted by atomic mass is 9.85. The van der Waals surface area contributed by atoms with E-state index in [-0.39, 0.29) is 6.04 Å². The molecule has 12 heavy (non-hydrogen) atoms. The molecule has 68 valence electrons. The minimum atomic E-state index is 0.0769. The molecule has 0 spiro atoms. The molecular formula is C10H18N2. The Morgan fingerprint density at radius 3 is 2.58 bits per heavy atom. The van der Waals surface area contributed by atoms with Gasteiger partial charge in [-0.1, -0.05) is 38.0 Å². The van der Waals surface area contributed by atoms with Crippen LogP contribution in [-0.4, -0.2) is 6.04 Å². The van der Waals surface area contributed by atoms with Gasteiger partial charge < -0.3 is 0 Å². The normalized spacial score (nSPS) is 21.7. The largest absolute Gasteiger partial charge is 0.270 e. The van der Waals surface area contributed by atoms with Crippen LogP contribution in [0.1, 0.15) is 38.5 Å².